The number of methoxy groups -OCH3 is 1. The van der Waals surface area contributed by atoms with Crippen LogP contribution in [0.4, 0.5) is 0 Å². The predicted octanol–water partition coefficient (Wildman–Crippen LogP) is 3.25. The van der Waals surface area contributed by atoms with Crippen LogP contribution in [0.15, 0.2) is 18.2 Å². The van der Waals surface area contributed by atoms with Crippen molar-refractivity contribution >= 4 is 0 Å². The van der Waals surface area contributed by atoms with Gasteiger partial charge in [-0.05, 0) is 57.4 Å². The average Bonchev–Trinajstić information content (AvgIpc) is 2.39. The first kappa shape index (κ1) is 15.2. The summed E-state index contributed by atoms with van der Waals surface area (Å²) < 4.78 is 5.70. The van der Waals surface area contributed by atoms with E-state index in [9.17, 15) is 0 Å². The van der Waals surface area contributed by atoms with E-state index in [1.807, 2.05) is 7.05 Å². The molecule has 2 nitrogen and oxygen atoms in total. The molecule has 18 heavy (non-hydrogen) atoms. The molecule has 0 fully saturated rings. The smallest absolute Gasteiger partial charge is 0.0803 e. The first-order chi connectivity index (χ1) is 8.46. The van der Waals surface area contributed by atoms with Gasteiger partial charge in [0.05, 0.1) is 5.60 Å². The van der Waals surface area contributed by atoms with Crippen molar-refractivity contribution in [3.05, 3.63) is 34.9 Å². The van der Waals surface area contributed by atoms with Crippen molar-refractivity contribution in [2.45, 2.75) is 52.2 Å². The van der Waals surface area contributed by atoms with Crippen LogP contribution in [0.3, 0.4) is 0 Å². The fourth-order valence-corrected chi connectivity index (χ4v) is 2.32. The van der Waals surface area contributed by atoms with E-state index < -0.39 is 0 Å². The fraction of sp³-hybridized carbons (Fsp3) is 0.625. The van der Waals surface area contributed by atoms with Gasteiger partial charge in [0, 0.05) is 13.2 Å². The van der Waals surface area contributed by atoms with Gasteiger partial charge in [-0.1, -0.05) is 25.1 Å². The van der Waals surface area contributed by atoms with E-state index in [4.69, 9.17) is 4.74 Å². The molecule has 1 N–H and O–H groups in total. The molecule has 0 aliphatic carbocycles. The van der Waals surface area contributed by atoms with Gasteiger partial charge in [-0.25, -0.2) is 0 Å². The minimum Gasteiger partial charge on any atom is -0.377 e. The Morgan fingerprint density at radius 1 is 1.28 bits per heavy atom. The Morgan fingerprint density at radius 3 is 2.39 bits per heavy atom. The van der Waals surface area contributed by atoms with Crippen LogP contribution >= 0.6 is 0 Å². The highest BCUT2D eigenvalue weighted by Crippen LogP contribution is 2.23. The number of nitrogens with one attached hydrogen (secondary N) is 1. The topological polar surface area (TPSA) is 21.3 Å². The molecule has 2 atom stereocenters. The highest BCUT2D eigenvalue weighted by Gasteiger charge is 2.31. The summed E-state index contributed by atoms with van der Waals surface area (Å²) in [6, 6.07) is 7.03. The van der Waals surface area contributed by atoms with Crippen LogP contribution in [0.5, 0.6) is 0 Å². The molecule has 2 heteroatoms. The van der Waals surface area contributed by atoms with Crippen LogP contribution in [0.2, 0.25) is 0 Å². The highest BCUT2D eigenvalue weighted by atomic mass is 16.5. The van der Waals surface area contributed by atoms with Crippen LogP contribution in [0, 0.1) is 13.8 Å². The van der Waals surface area contributed by atoms with Gasteiger partial charge in [0.25, 0.3) is 0 Å². The Balaban J connectivity index is 2.88. The van der Waals surface area contributed by atoms with E-state index in [1.54, 1.807) is 7.11 Å². The van der Waals surface area contributed by atoms with E-state index in [0.29, 0.717) is 6.04 Å². The lowest BCUT2D eigenvalue weighted by Gasteiger charge is -2.36. The molecule has 0 amide bonds. The molecule has 0 bridgehead atoms. The van der Waals surface area contributed by atoms with Crippen molar-refractivity contribution in [3.63, 3.8) is 0 Å². The summed E-state index contributed by atoms with van der Waals surface area (Å²) in [5.41, 5.74) is 3.96. The number of benzene rings is 1. The monoisotopic (exact) mass is 249 g/mol. The van der Waals surface area contributed by atoms with E-state index >= 15 is 0 Å². The van der Waals surface area contributed by atoms with Gasteiger partial charge in [0.15, 0.2) is 0 Å². The summed E-state index contributed by atoms with van der Waals surface area (Å²) in [5.74, 6) is 0. The van der Waals surface area contributed by atoms with E-state index in [1.165, 1.54) is 16.7 Å². The molecule has 0 saturated heterocycles. The first-order valence-corrected chi connectivity index (χ1v) is 6.75. The number of likely N-dealkylation sites (N-methyl/N-ethyl adjacent to an activating group) is 1. The lowest BCUT2D eigenvalue weighted by Crippen LogP contribution is -2.49. The predicted molar refractivity (Wildman–Crippen MR) is 78.2 cm³/mol. The third-order valence-electron chi connectivity index (χ3n) is 4.27. The Morgan fingerprint density at radius 2 is 1.94 bits per heavy atom. The zero-order valence-electron chi connectivity index (χ0n) is 12.6. The maximum atomic E-state index is 5.70. The van der Waals surface area contributed by atoms with Gasteiger partial charge >= 0.3 is 0 Å². The van der Waals surface area contributed by atoms with Gasteiger partial charge in [-0.15, -0.1) is 0 Å². The molecule has 1 aromatic rings. The third kappa shape index (κ3) is 3.33. The summed E-state index contributed by atoms with van der Waals surface area (Å²) in [6.07, 6.45) is 2.00. The number of rotatable bonds is 6. The Bertz CT molecular complexity index is 383. The maximum absolute atomic E-state index is 5.70. The second kappa shape index (κ2) is 6.35. The van der Waals surface area contributed by atoms with E-state index in [-0.39, 0.29) is 5.60 Å². The SMILES string of the molecule is CCC(C)(OC)C(Cc1ccc(C)c(C)c1)NC. The Hall–Kier alpha value is -0.860. The number of hydrogen-bond acceptors (Lipinski definition) is 2. The molecule has 0 aromatic heterocycles. The maximum Gasteiger partial charge on any atom is 0.0803 e. The van der Waals surface area contributed by atoms with Crippen LogP contribution in [-0.2, 0) is 11.2 Å². The van der Waals surface area contributed by atoms with Gasteiger partial charge in [-0.3, -0.25) is 0 Å². The third-order valence-corrected chi connectivity index (χ3v) is 4.27. The number of ether oxygens (including phenoxy) is 1. The summed E-state index contributed by atoms with van der Waals surface area (Å²) >= 11 is 0. The largest absolute Gasteiger partial charge is 0.377 e. The van der Waals surface area contributed by atoms with Gasteiger partial charge in [0.1, 0.15) is 0 Å². The average molecular weight is 249 g/mol. The molecule has 0 aliphatic rings. The summed E-state index contributed by atoms with van der Waals surface area (Å²) in [6.45, 7) is 8.67. The minimum atomic E-state index is -0.118. The Kier molecular flexibility index (Phi) is 5.36. The van der Waals surface area contributed by atoms with Crippen LogP contribution in [0.25, 0.3) is 0 Å². The molecule has 1 aromatic carbocycles. The van der Waals surface area contributed by atoms with Crippen molar-refractivity contribution in [1.82, 2.24) is 5.32 Å². The van der Waals surface area contributed by atoms with E-state index in [0.717, 1.165) is 12.8 Å². The molecule has 0 radical (unpaired) electrons. The van der Waals surface area contributed by atoms with Gasteiger partial charge in [0.2, 0.25) is 0 Å². The van der Waals surface area contributed by atoms with Crippen molar-refractivity contribution in [1.29, 1.82) is 0 Å². The molecule has 0 aliphatic heterocycles. The normalized spacial score (nSPS) is 16.3. The second-order valence-corrected chi connectivity index (χ2v) is 5.33. The summed E-state index contributed by atoms with van der Waals surface area (Å²) in [7, 11) is 3.81. The first-order valence-electron chi connectivity index (χ1n) is 6.75. The van der Waals surface area contributed by atoms with Crippen molar-refractivity contribution in [2.75, 3.05) is 14.2 Å². The summed E-state index contributed by atoms with van der Waals surface area (Å²) in [4.78, 5) is 0. The zero-order valence-corrected chi connectivity index (χ0v) is 12.6. The summed E-state index contributed by atoms with van der Waals surface area (Å²) in [5, 5.41) is 3.40. The lowest BCUT2D eigenvalue weighted by atomic mass is 9.87. The van der Waals surface area contributed by atoms with Crippen molar-refractivity contribution in [2.24, 2.45) is 0 Å². The molecule has 1 rings (SSSR count). The molecule has 0 saturated carbocycles. The van der Waals surface area contributed by atoms with Crippen LogP contribution in [0.1, 0.15) is 37.0 Å². The molecule has 2 unspecified atom stereocenters. The van der Waals surface area contributed by atoms with E-state index in [2.05, 4.69) is 51.2 Å². The molecular formula is C16H27NO. The molecular weight excluding hydrogens is 222 g/mol. The molecule has 0 spiro atoms. The quantitative estimate of drug-likeness (QED) is 0.835. The van der Waals surface area contributed by atoms with Crippen molar-refractivity contribution < 1.29 is 4.74 Å². The van der Waals surface area contributed by atoms with Gasteiger partial charge in [-0.2, -0.15) is 0 Å². The van der Waals surface area contributed by atoms with Crippen LogP contribution < -0.4 is 5.32 Å². The lowest BCUT2D eigenvalue weighted by molar-refractivity contribution is -0.0268. The van der Waals surface area contributed by atoms with Crippen molar-refractivity contribution in [3.8, 4) is 0 Å². The van der Waals surface area contributed by atoms with Gasteiger partial charge < -0.3 is 10.1 Å². The van der Waals surface area contributed by atoms with Crippen LogP contribution in [-0.4, -0.2) is 25.8 Å². The second-order valence-electron chi connectivity index (χ2n) is 5.33. The standard InChI is InChI=1S/C16H27NO/c1-7-16(4,18-6)15(17-5)11-14-9-8-12(2)13(3)10-14/h8-10,15,17H,7,11H2,1-6H3. The molecule has 0 heterocycles. The Labute approximate surface area is 112 Å². The zero-order chi connectivity index (χ0) is 13.8. The number of aryl methyl sites for hydroxylation is 2. The minimum absolute atomic E-state index is 0.118. The molecule has 102 valence electrons. The number of hydrogen-bond donors (Lipinski definition) is 1. The highest BCUT2D eigenvalue weighted by molar-refractivity contribution is 5.30. The fourth-order valence-electron chi connectivity index (χ4n) is 2.32.